The van der Waals surface area contributed by atoms with Crippen LogP contribution in [0.25, 0.3) is 5.52 Å². The third kappa shape index (κ3) is 1.26. The van der Waals surface area contributed by atoms with Gasteiger partial charge < -0.3 is 10.6 Å². The molecule has 1 saturated heterocycles. The first-order valence-electron chi connectivity index (χ1n) is 5.76. The van der Waals surface area contributed by atoms with Crippen molar-refractivity contribution in [3.63, 3.8) is 0 Å². The third-order valence-electron chi connectivity index (χ3n) is 3.28. The van der Waals surface area contributed by atoms with Crippen molar-refractivity contribution in [2.75, 3.05) is 23.7 Å². The summed E-state index contributed by atoms with van der Waals surface area (Å²) >= 11 is 0. The van der Waals surface area contributed by atoms with E-state index in [2.05, 4.69) is 32.5 Å². The number of nitrogen functional groups attached to an aromatic ring is 1. The number of hydrogen-bond acceptors (Lipinski definition) is 3. The summed E-state index contributed by atoms with van der Waals surface area (Å²) in [4.78, 5) is 6.72. The van der Waals surface area contributed by atoms with Crippen LogP contribution in [0.3, 0.4) is 0 Å². The van der Waals surface area contributed by atoms with Crippen molar-refractivity contribution in [1.29, 1.82) is 0 Å². The van der Waals surface area contributed by atoms with E-state index in [-0.39, 0.29) is 0 Å². The van der Waals surface area contributed by atoms with Gasteiger partial charge in [-0.2, -0.15) is 0 Å². The standard InChI is InChI=1S/C12H16N4/c1-9-10-5-4-6-11(15-7-2-3-8-15)16(10)12(13)14-9/h4-6H,2-3,7-8H2,1H3,(H2,13,14). The van der Waals surface area contributed by atoms with Gasteiger partial charge in [0.05, 0.1) is 11.2 Å². The van der Waals surface area contributed by atoms with Crippen molar-refractivity contribution in [1.82, 2.24) is 9.38 Å². The van der Waals surface area contributed by atoms with Crippen LogP contribution >= 0.6 is 0 Å². The zero-order valence-corrected chi connectivity index (χ0v) is 9.48. The minimum absolute atomic E-state index is 0.593. The van der Waals surface area contributed by atoms with Crippen LogP contribution in [0, 0.1) is 6.92 Å². The lowest BCUT2D eigenvalue weighted by molar-refractivity contribution is 0.919. The highest BCUT2D eigenvalue weighted by molar-refractivity contribution is 5.63. The second-order valence-electron chi connectivity index (χ2n) is 4.35. The summed E-state index contributed by atoms with van der Waals surface area (Å²) < 4.78 is 2.06. The van der Waals surface area contributed by atoms with E-state index in [4.69, 9.17) is 5.73 Å². The molecule has 4 heteroatoms. The zero-order chi connectivity index (χ0) is 11.1. The fraction of sp³-hybridized carbons (Fsp3) is 0.417. The smallest absolute Gasteiger partial charge is 0.206 e. The van der Waals surface area contributed by atoms with Crippen molar-refractivity contribution < 1.29 is 0 Å². The highest BCUT2D eigenvalue weighted by atomic mass is 15.3. The maximum absolute atomic E-state index is 5.97. The molecule has 0 aliphatic carbocycles. The van der Waals surface area contributed by atoms with Crippen LogP contribution in [0.1, 0.15) is 18.5 Å². The van der Waals surface area contributed by atoms with E-state index in [1.54, 1.807) is 0 Å². The number of anilines is 2. The van der Waals surface area contributed by atoms with Gasteiger partial charge in [-0.1, -0.05) is 6.07 Å². The molecule has 3 rings (SSSR count). The maximum atomic E-state index is 5.97. The first-order valence-corrected chi connectivity index (χ1v) is 5.76. The summed E-state index contributed by atoms with van der Waals surface area (Å²) in [5.41, 5.74) is 8.08. The number of rotatable bonds is 1. The minimum Gasteiger partial charge on any atom is -0.369 e. The Kier molecular flexibility index (Phi) is 2.02. The Morgan fingerprint density at radius 1 is 1.25 bits per heavy atom. The van der Waals surface area contributed by atoms with Crippen molar-refractivity contribution >= 4 is 17.3 Å². The average molecular weight is 216 g/mol. The van der Waals surface area contributed by atoms with Crippen LogP contribution in [0.4, 0.5) is 11.8 Å². The van der Waals surface area contributed by atoms with Crippen LogP contribution in [-0.4, -0.2) is 22.5 Å². The highest BCUT2D eigenvalue weighted by Crippen LogP contribution is 2.25. The molecule has 0 unspecified atom stereocenters. The molecule has 2 aromatic rings. The normalized spacial score (nSPS) is 16.2. The predicted molar refractivity (Wildman–Crippen MR) is 65.8 cm³/mol. The third-order valence-corrected chi connectivity index (χ3v) is 3.28. The zero-order valence-electron chi connectivity index (χ0n) is 9.48. The highest BCUT2D eigenvalue weighted by Gasteiger charge is 2.17. The summed E-state index contributed by atoms with van der Waals surface area (Å²) in [6, 6.07) is 6.27. The Bertz CT molecular complexity index is 523. The van der Waals surface area contributed by atoms with Gasteiger partial charge in [0.25, 0.3) is 0 Å². The van der Waals surface area contributed by atoms with Crippen molar-refractivity contribution in [3.05, 3.63) is 23.9 Å². The lowest BCUT2D eigenvalue weighted by Gasteiger charge is -2.19. The van der Waals surface area contributed by atoms with Gasteiger partial charge in [0.1, 0.15) is 5.82 Å². The quantitative estimate of drug-likeness (QED) is 0.791. The molecule has 0 saturated carbocycles. The molecule has 0 amide bonds. The number of imidazole rings is 1. The molecule has 2 aromatic heterocycles. The molecular weight excluding hydrogens is 200 g/mol. The van der Waals surface area contributed by atoms with Gasteiger partial charge >= 0.3 is 0 Å². The monoisotopic (exact) mass is 216 g/mol. The molecule has 0 spiro atoms. The van der Waals surface area contributed by atoms with Crippen LogP contribution in [0.15, 0.2) is 18.2 Å². The number of aromatic nitrogens is 2. The Labute approximate surface area is 94.7 Å². The van der Waals surface area contributed by atoms with Gasteiger partial charge in [-0.3, -0.25) is 4.40 Å². The summed E-state index contributed by atoms with van der Waals surface area (Å²) in [7, 11) is 0. The minimum atomic E-state index is 0.593. The first-order chi connectivity index (χ1) is 7.77. The number of hydrogen-bond donors (Lipinski definition) is 1. The first kappa shape index (κ1) is 9.51. The van der Waals surface area contributed by atoms with Crippen LogP contribution in [0.2, 0.25) is 0 Å². The molecule has 1 aliphatic rings. The van der Waals surface area contributed by atoms with Crippen LogP contribution in [-0.2, 0) is 0 Å². The van der Waals surface area contributed by atoms with E-state index in [1.165, 1.54) is 18.7 Å². The number of aryl methyl sites for hydroxylation is 1. The second kappa shape index (κ2) is 3.40. The summed E-state index contributed by atoms with van der Waals surface area (Å²) in [5.74, 6) is 1.77. The van der Waals surface area contributed by atoms with E-state index in [0.717, 1.165) is 24.3 Å². The predicted octanol–water partition coefficient (Wildman–Crippen LogP) is 1.83. The van der Waals surface area contributed by atoms with Gasteiger partial charge in [-0.05, 0) is 31.9 Å². The van der Waals surface area contributed by atoms with Crippen molar-refractivity contribution in [2.24, 2.45) is 0 Å². The van der Waals surface area contributed by atoms with Gasteiger partial charge in [0.2, 0.25) is 5.95 Å². The number of nitrogens with two attached hydrogens (primary N) is 1. The number of nitrogens with zero attached hydrogens (tertiary/aromatic N) is 3. The maximum Gasteiger partial charge on any atom is 0.206 e. The molecular formula is C12H16N4. The fourth-order valence-corrected chi connectivity index (χ4v) is 2.49. The second-order valence-corrected chi connectivity index (χ2v) is 4.35. The Morgan fingerprint density at radius 2 is 2.00 bits per heavy atom. The van der Waals surface area contributed by atoms with E-state index in [9.17, 15) is 0 Å². The van der Waals surface area contributed by atoms with Gasteiger partial charge in [-0.25, -0.2) is 4.98 Å². The molecule has 3 heterocycles. The van der Waals surface area contributed by atoms with Crippen LogP contribution < -0.4 is 10.6 Å². The van der Waals surface area contributed by atoms with Gasteiger partial charge in [-0.15, -0.1) is 0 Å². The molecule has 0 bridgehead atoms. The lowest BCUT2D eigenvalue weighted by atomic mass is 10.3. The van der Waals surface area contributed by atoms with E-state index in [0.29, 0.717) is 5.95 Å². The molecule has 0 aromatic carbocycles. The summed E-state index contributed by atoms with van der Waals surface area (Å²) in [6.45, 7) is 4.24. The molecule has 84 valence electrons. The molecule has 0 atom stereocenters. The lowest BCUT2D eigenvalue weighted by Crippen LogP contribution is -2.20. The average Bonchev–Trinajstić information content (AvgIpc) is 2.88. The molecule has 16 heavy (non-hydrogen) atoms. The number of pyridine rings is 1. The van der Waals surface area contributed by atoms with Crippen LogP contribution in [0.5, 0.6) is 0 Å². The van der Waals surface area contributed by atoms with E-state index >= 15 is 0 Å². The molecule has 4 nitrogen and oxygen atoms in total. The topological polar surface area (TPSA) is 46.6 Å². The largest absolute Gasteiger partial charge is 0.369 e. The summed E-state index contributed by atoms with van der Waals surface area (Å²) in [5, 5.41) is 0. The van der Waals surface area contributed by atoms with Crippen molar-refractivity contribution in [3.8, 4) is 0 Å². The Hall–Kier alpha value is -1.71. The fourth-order valence-electron chi connectivity index (χ4n) is 2.49. The summed E-state index contributed by atoms with van der Waals surface area (Å²) in [6.07, 6.45) is 2.54. The van der Waals surface area contributed by atoms with Gasteiger partial charge in [0, 0.05) is 13.1 Å². The van der Waals surface area contributed by atoms with Crippen molar-refractivity contribution in [2.45, 2.75) is 19.8 Å². The van der Waals surface area contributed by atoms with E-state index in [1.807, 2.05) is 6.92 Å². The van der Waals surface area contributed by atoms with E-state index < -0.39 is 0 Å². The molecule has 2 N–H and O–H groups in total. The molecule has 1 aliphatic heterocycles. The van der Waals surface area contributed by atoms with Gasteiger partial charge in [0.15, 0.2) is 0 Å². The molecule has 1 fully saturated rings. The number of fused-ring (bicyclic) bond motifs is 1. The molecule has 0 radical (unpaired) electrons. The Morgan fingerprint density at radius 3 is 2.75 bits per heavy atom. The SMILES string of the molecule is Cc1nc(N)n2c(N3CCCC3)cccc12. The Balaban J connectivity index is 2.23.